The first-order valence-electron chi connectivity index (χ1n) is 4.72. The zero-order chi connectivity index (χ0) is 11.1. The number of ether oxygens (including phenoxy) is 2. The molecule has 2 rings (SSSR count). The summed E-state index contributed by atoms with van der Waals surface area (Å²) in [7, 11) is 1.58. The first-order valence-corrected chi connectivity index (χ1v) is 4.72. The Kier molecular flexibility index (Phi) is 2.07. The number of carbonyl (C=O) groups excluding carboxylic acids is 1. The SMILES string of the molecule is COc1cccc2c1NC(C)(C)C(=O)O2. The Balaban J connectivity index is 2.50. The smallest absolute Gasteiger partial charge is 0.336 e. The van der Waals surface area contributed by atoms with Crippen molar-refractivity contribution in [2.24, 2.45) is 0 Å². The van der Waals surface area contributed by atoms with Crippen LogP contribution in [0.25, 0.3) is 0 Å². The van der Waals surface area contributed by atoms with Crippen LogP contribution in [-0.4, -0.2) is 18.6 Å². The first kappa shape index (κ1) is 9.83. The summed E-state index contributed by atoms with van der Waals surface area (Å²) in [5.41, 5.74) is 0.00588. The number of methoxy groups -OCH3 is 1. The van der Waals surface area contributed by atoms with Crippen LogP contribution in [0, 0.1) is 0 Å². The summed E-state index contributed by atoms with van der Waals surface area (Å²) < 4.78 is 10.4. The number of para-hydroxylation sites is 1. The van der Waals surface area contributed by atoms with Gasteiger partial charge < -0.3 is 14.8 Å². The van der Waals surface area contributed by atoms with E-state index in [4.69, 9.17) is 9.47 Å². The molecule has 4 nitrogen and oxygen atoms in total. The van der Waals surface area contributed by atoms with Gasteiger partial charge in [-0.25, -0.2) is 4.79 Å². The molecule has 1 aliphatic heterocycles. The zero-order valence-electron chi connectivity index (χ0n) is 8.96. The van der Waals surface area contributed by atoms with Crippen LogP contribution >= 0.6 is 0 Å². The van der Waals surface area contributed by atoms with E-state index >= 15 is 0 Å². The monoisotopic (exact) mass is 207 g/mol. The predicted molar refractivity (Wildman–Crippen MR) is 56.3 cm³/mol. The van der Waals surface area contributed by atoms with E-state index in [-0.39, 0.29) is 5.97 Å². The highest BCUT2D eigenvalue weighted by molar-refractivity contribution is 5.91. The van der Waals surface area contributed by atoms with Crippen molar-refractivity contribution >= 4 is 11.7 Å². The van der Waals surface area contributed by atoms with Crippen LogP contribution in [-0.2, 0) is 4.79 Å². The van der Waals surface area contributed by atoms with E-state index in [0.717, 1.165) is 5.69 Å². The standard InChI is InChI=1S/C11H13NO3/c1-11(2)10(13)15-8-6-4-5-7(14-3)9(8)12-11/h4-6,12H,1-3H3. The molecule has 1 aromatic rings. The van der Waals surface area contributed by atoms with Crippen LogP contribution in [0.15, 0.2) is 18.2 Å². The van der Waals surface area contributed by atoms with E-state index in [2.05, 4.69) is 5.32 Å². The van der Waals surface area contributed by atoms with Crippen LogP contribution < -0.4 is 14.8 Å². The van der Waals surface area contributed by atoms with Crippen LogP contribution in [0.3, 0.4) is 0 Å². The van der Waals surface area contributed by atoms with Crippen LogP contribution in [0.4, 0.5) is 5.69 Å². The number of rotatable bonds is 1. The van der Waals surface area contributed by atoms with Gasteiger partial charge in [0.15, 0.2) is 5.75 Å². The summed E-state index contributed by atoms with van der Waals surface area (Å²) in [4.78, 5) is 11.6. The largest absolute Gasteiger partial charge is 0.494 e. The Labute approximate surface area is 88.2 Å². The van der Waals surface area contributed by atoms with Gasteiger partial charge in [0, 0.05) is 0 Å². The maximum atomic E-state index is 11.6. The lowest BCUT2D eigenvalue weighted by atomic mass is 10.0. The van der Waals surface area contributed by atoms with Gasteiger partial charge in [0.25, 0.3) is 0 Å². The molecule has 0 amide bonds. The molecular weight excluding hydrogens is 194 g/mol. The molecule has 0 atom stereocenters. The molecule has 0 radical (unpaired) electrons. The highest BCUT2D eigenvalue weighted by Gasteiger charge is 2.36. The molecule has 0 spiro atoms. The lowest BCUT2D eigenvalue weighted by Crippen LogP contribution is -2.46. The molecule has 0 aliphatic carbocycles. The average molecular weight is 207 g/mol. The number of carbonyl (C=O) groups is 1. The molecule has 0 saturated heterocycles. The lowest BCUT2D eigenvalue weighted by Gasteiger charge is -2.31. The van der Waals surface area contributed by atoms with Crippen molar-refractivity contribution in [1.29, 1.82) is 0 Å². The molecule has 0 fully saturated rings. The van der Waals surface area contributed by atoms with Crippen molar-refractivity contribution in [3.05, 3.63) is 18.2 Å². The van der Waals surface area contributed by atoms with E-state index < -0.39 is 5.54 Å². The Morgan fingerprint density at radius 1 is 1.40 bits per heavy atom. The number of hydrogen-bond acceptors (Lipinski definition) is 4. The average Bonchev–Trinajstić information content (AvgIpc) is 2.18. The fraction of sp³-hybridized carbons (Fsp3) is 0.364. The number of anilines is 1. The fourth-order valence-corrected chi connectivity index (χ4v) is 1.48. The van der Waals surface area contributed by atoms with Crippen molar-refractivity contribution < 1.29 is 14.3 Å². The van der Waals surface area contributed by atoms with Crippen molar-refractivity contribution in [3.8, 4) is 11.5 Å². The Morgan fingerprint density at radius 3 is 2.80 bits per heavy atom. The molecule has 0 aromatic heterocycles. The highest BCUT2D eigenvalue weighted by atomic mass is 16.5. The van der Waals surface area contributed by atoms with Gasteiger partial charge in [-0.3, -0.25) is 0 Å². The zero-order valence-corrected chi connectivity index (χ0v) is 8.96. The Morgan fingerprint density at radius 2 is 2.13 bits per heavy atom. The van der Waals surface area contributed by atoms with Gasteiger partial charge in [-0.2, -0.15) is 0 Å². The molecule has 1 N–H and O–H groups in total. The van der Waals surface area contributed by atoms with Crippen molar-refractivity contribution in [2.75, 3.05) is 12.4 Å². The normalized spacial score (nSPS) is 17.4. The third-order valence-electron chi connectivity index (χ3n) is 2.36. The van der Waals surface area contributed by atoms with E-state index in [1.165, 1.54) is 0 Å². The molecule has 0 bridgehead atoms. The highest BCUT2D eigenvalue weighted by Crippen LogP contribution is 2.39. The van der Waals surface area contributed by atoms with E-state index in [9.17, 15) is 4.79 Å². The van der Waals surface area contributed by atoms with Gasteiger partial charge in [-0.1, -0.05) is 6.07 Å². The summed E-state index contributed by atoms with van der Waals surface area (Å²) in [6, 6.07) is 5.34. The second-order valence-electron chi connectivity index (χ2n) is 3.97. The minimum absolute atomic E-state index is 0.289. The predicted octanol–water partition coefficient (Wildman–Crippen LogP) is 1.80. The Hall–Kier alpha value is -1.71. The number of hydrogen-bond donors (Lipinski definition) is 1. The number of esters is 1. The first-order chi connectivity index (χ1) is 7.04. The minimum Gasteiger partial charge on any atom is -0.494 e. The quantitative estimate of drug-likeness (QED) is 0.563. The molecule has 15 heavy (non-hydrogen) atoms. The van der Waals surface area contributed by atoms with Crippen LogP contribution in [0.5, 0.6) is 11.5 Å². The minimum atomic E-state index is -0.721. The topological polar surface area (TPSA) is 47.6 Å². The molecular formula is C11H13NO3. The summed E-state index contributed by atoms with van der Waals surface area (Å²) in [5.74, 6) is 0.898. The van der Waals surface area contributed by atoms with E-state index in [0.29, 0.717) is 11.5 Å². The second kappa shape index (κ2) is 3.15. The van der Waals surface area contributed by atoms with Gasteiger partial charge in [0.1, 0.15) is 17.0 Å². The molecule has 0 saturated carbocycles. The lowest BCUT2D eigenvalue weighted by molar-refractivity contribution is -0.139. The second-order valence-corrected chi connectivity index (χ2v) is 3.97. The fourth-order valence-electron chi connectivity index (χ4n) is 1.48. The third kappa shape index (κ3) is 1.52. The maximum absolute atomic E-state index is 11.6. The number of nitrogens with one attached hydrogen (secondary N) is 1. The number of fused-ring (bicyclic) bond motifs is 1. The third-order valence-corrected chi connectivity index (χ3v) is 2.36. The van der Waals surface area contributed by atoms with Crippen molar-refractivity contribution in [1.82, 2.24) is 0 Å². The summed E-state index contributed by atoms with van der Waals surface area (Å²) in [5, 5.41) is 3.11. The summed E-state index contributed by atoms with van der Waals surface area (Å²) in [6.07, 6.45) is 0. The molecule has 0 unspecified atom stereocenters. The van der Waals surface area contributed by atoms with Crippen LogP contribution in [0.2, 0.25) is 0 Å². The summed E-state index contributed by atoms with van der Waals surface area (Å²) >= 11 is 0. The van der Waals surface area contributed by atoms with Gasteiger partial charge in [0.05, 0.1) is 7.11 Å². The van der Waals surface area contributed by atoms with Gasteiger partial charge >= 0.3 is 5.97 Å². The van der Waals surface area contributed by atoms with Crippen molar-refractivity contribution in [3.63, 3.8) is 0 Å². The van der Waals surface area contributed by atoms with E-state index in [1.54, 1.807) is 33.1 Å². The summed E-state index contributed by atoms with van der Waals surface area (Å²) in [6.45, 7) is 3.54. The number of benzene rings is 1. The van der Waals surface area contributed by atoms with E-state index in [1.807, 2.05) is 6.07 Å². The van der Waals surface area contributed by atoms with Crippen LogP contribution in [0.1, 0.15) is 13.8 Å². The molecule has 80 valence electrons. The molecule has 1 aliphatic rings. The maximum Gasteiger partial charge on any atom is 0.336 e. The van der Waals surface area contributed by atoms with Crippen molar-refractivity contribution in [2.45, 2.75) is 19.4 Å². The van der Waals surface area contributed by atoms with Gasteiger partial charge in [-0.05, 0) is 26.0 Å². The molecule has 4 heteroatoms. The molecule has 1 aromatic carbocycles. The molecule has 1 heterocycles. The van der Waals surface area contributed by atoms with Gasteiger partial charge in [0.2, 0.25) is 0 Å². The van der Waals surface area contributed by atoms with Gasteiger partial charge in [-0.15, -0.1) is 0 Å². The Bertz CT molecular complexity index is 412.